The Morgan fingerprint density at radius 2 is 1.96 bits per heavy atom. The van der Waals surface area contributed by atoms with Crippen LogP contribution < -0.4 is 4.80 Å². The van der Waals surface area contributed by atoms with Crippen LogP contribution in [0.2, 0.25) is 0 Å². The molecule has 0 aliphatic heterocycles. The van der Waals surface area contributed by atoms with Gasteiger partial charge in [-0.2, -0.15) is 5.10 Å². The molecule has 0 amide bonds. The maximum Gasteiger partial charge on any atom is 0.433 e. The number of benzene rings is 1. The van der Waals surface area contributed by atoms with Gasteiger partial charge in [-0.05, 0) is 36.6 Å². The number of rotatable bonds is 5. The largest absolute Gasteiger partial charge is 0.433 e. The lowest BCUT2D eigenvalue weighted by Gasteiger charge is -2.00. The molecule has 4 aromatic rings. The zero-order valence-corrected chi connectivity index (χ0v) is 16.3. The molecule has 0 aliphatic rings. The first-order chi connectivity index (χ1) is 13.6. The van der Waals surface area contributed by atoms with Crippen LogP contribution in [0.15, 0.2) is 73.8 Å². The second-order valence-corrected chi connectivity index (χ2v) is 7.60. The molecule has 0 fully saturated rings. The number of aryl methyl sites for hydroxylation is 1. The normalized spacial score (nSPS) is 12.1. The fraction of sp³-hybridized carbons (Fsp3) is 0.0526. The van der Waals surface area contributed by atoms with E-state index in [-0.39, 0.29) is 5.88 Å². The van der Waals surface area contributed by atoms with E-state index in [1.807, 2.05) is 54.1 Å². The molecule has 0 radical (unpaired) electrons. The maximum absolute atomic E-state index is 10.8. The molecule has 0 spiro atoms. The van der Waals surface area contributed by atoms with Crippen molar-refractivity contribution in [2.75, 3.05) is 0 Å². The minimum absolute atomic E-state index is 0.295. The Kier molecular flexibility index (Phi) is 5.00. The van der Waals surface area contributed by atoms with Crippen LogP contribution in [0.5, 0.6) is 0 Å². The first-order valence-corrected chi connectivity index (χ1v) is 10.0. The number of thiazole rings is 1. The summed E-state index contributed by atoms with van der Waals surface area (Å²) < 4.78 is 6.87. The highest BCUT2D eigenvalue weighted by molar-refractivity contribution is 7.14. The van der Waals surface area contributed by atoms with Crippen LogP contribution in [-0.2, 0) is 0 Å². The van der Waals surface area contributed by atoms with Crippen LogP contribution in [0.25, 0.3) is 10.6 Å². The predicted molar refractivity (Wildman–Crippen MR) is 110 cm³/mol. The molecule has 0 N–H and O–H groups in total. The van der Waals surface area contributed by atoms with Crippen molar-refractivity contribution >= 4 is 40.5 Å². The third-order valence-corrected chi connectivity index (χ3v) is 5.52. The van der Waals surface area contributed by atoms with Crippen molar-refractivity contribution in [1.29, 1.82) is 0 Å². The molecule has 0 saturated carbocycles. The third kappa shape index (κ3) is 3.85. The third-order valence-electron chi connectivity index (χ3n) is 3.81. The zero-order valence-electron chi connectivity index (χ0n) is 14.7. The number of thiophene rings is 1. The van der Waals surface area contributed by atoms with Gasteiger partial charge in [0.15, 0.2) is 5.76 Å². The van der Waals surface area contributed by atoms with Crippen molar-refractivity contribution in [2.24, 2.45) is 10.1 Å². The Bertz CT molecular complexity index is 1200. The predicted octanol–water partition coefficient (Wildman–Crippen LogP) is 5.20. The van der Waals surface area contributed by atoms with E-state index in [4.69, 9.17) is 9.41 Å². The van der Waals surface area contributed by atoms with Crippen molar-refractivity contribution in [3.05, 3.63) is 85.5 Å². The topological polar surface area (TPSA) is 85.9 Å². The molecule has 0 atom stereocenters. The summed E-state index contributed by atoms with van der Waals surface area (Å²) in [6, 6.07) is 14.7. The van der Waals surface area contributed by atoms with Gasteiger partial charge in [-0.15, -0.1) is 22.7 Å². The van der Waals surface area contributed by atoms with Crippen molar-refractivity contribution in [1.82, 2.24) is 4.68 Å². The molecule has 0 aliphatic carbocycles. The molecule has 9 heteroatoms. The van der Waals surface area contributed by atoms with E-state index in [1.54, 1.807) is 16.0 Å². The van der Waals surface area contributed by atoms with Gasteiger partial charge in [-0.25, -0.2) is 9.67 Å². The second-order valence-electron chi connectivity index (χ2n) is 5.82. The van der Waals surface area contributed by atoms with Crippen LogP contribution in [0, 0.1) is 17.0 Å². The van der Waals surface area contributed by atoms with Gasteiger partial charge in [-0.1, -0.05) is 23.8 Å². The summed E-state index contributed by atoms with van der Waals surface area (Å²) in [7, 11) is 0. The average molecular weight is 410 g/mol. The molecular formula is C19H14N4O3S2. The van der Waals surface area contributed by atoms with Crippen molar-refractivity contribution in [3.8, 4) is 10.6 Å². The van der Waals surface area contributed by atoms with Gasteiger partial charge in [-0.3, -0.25) is 10.1 Å². The highest BCUT2D eigenvalue weighted by Gasteiger charge is 2.12. The fourth-order valence-electron chi connectivity index (χ4n) is 2.44. The lowest BCUT2D eigenvalue weighted by atomic mass is 10.2. The van der Waals surface area contributed by atoms with E-state index < -0.39 is 4.92 Å². The van der Waals surface area contributed by atoms with E-state index in [9.17, 15) is 10.1 Å². The second kappa shape index (κ2) is 7.75. The summed E-state index contributed by atoms with van der Waals surface area (Å²) in [6.45, 7) is 2.02. The van der Waals surface area contributed by atoms with E-state index >= 15 is 0 Å². The van der Waals surface area contributed by atoms with E-state index in [2.05, 4.69) is 5.10 Å². The first-order valence-electron chi connectivity index (χ1n) is 8.24. The molecule has 3 heterocycles. The number of hydrogen-bond donors (Lipinski definition) is 0. The first kappa shape index (κ1) is 18.1. The lowest BCUT2D eigenvalue weighted by molar-refractivity contribution is -0.402. The van der Waals surface area contributed by atoms with Gasteiger partial charge in [0.1, 0.15) is 4.92 Å². The molecule has 140 valence electrons. The number of furan rings is 1. The quantitative estimate of drug-likeness (QED) is 0.257. The smallest absolute Gasteiger partial charge is 0.400 e. The summed E-state index contributed by atoms with van der Waals surface area (Å²) in [5.41, 5.74) is 2.88. The van der Waals surface area contributed by atoms with Crippen LogP contribution in [0.1, 0.15) is 11.3 Å². The Morgan fingerprint density at radius 3 is 2.64 bits per heavy atom. The SMILES string of the molecule is Cc1ccc(N=c2scc(-c3cccs3)n2N=Cc2ccc([N+](=O)[O-])o2)cc1. The van der Waals surface area contributed by atoms with Gasteiger partial charge >= 0.3 is 5.88 Å². The minimum atomic E-state index is -0.579. The summed E-state index contributed by atoms with van der Waals surface area (Å²) >= 11 is 3.07. The fourth-order valence-corrected chi connectivity index (χ4v) is 4.09. The van der Waals surface area contributed by atoms with Crippen molar-refractivity contribution < 1.29 is 9.34 Å². The Hall–Kier alpha value is -3.30. The molecule has 0 saturated heterocycles. The van der Waals surface area contributed by atoms with E-state index in [0.717, 1.165) is 21.8 Å². The van der Waals surface area contributed by atoms with Crippen molar-refractivity contribution in [2.45, 2.75) is 6.92 Å². The van der Waals surface area contributed by atoms with Gasteiger partial charge in [0.2, 0.25) is 4.80 Å². The molecule has 4 rings (SSSR count). The number of aromatic nitrogens is 1. The molecule has 1 aromatic carbocycles. The molecular weight excluding hydrogens is 396 g/mol. The van der Waals surface area contributed by atoms with E-state index in [0.29, 0.717) is 10.6 Å². The van der Waals surface area contributed by atoms with Gasteiger partial charge in [0, 0.05) is 5.38 Å². The maximum atomic E-state index is 10.8. The monoisotopic (exact) mass is 410 g/mol. The Labute approximate surface area is 167 Å². The van der Waals surface area contributed by atoms with Crippen LogP contribution in [0.4, 0.5) is 11.6 Å². The summed E-state index contributed by atoms with van der Waals surface area (Å²) in [5.74, 6) is -0.0244. The lowest BCUT2D eigenvalue weighted by Crippen LogP contribution is -2.11. The van der Waals surface area contributed by atoms with Crippen LogP contribution >= 0.6 is 22.7 Å². The molecule has 28 heavy (non-hydrogen) atoms. The Balaban J connectivity index is 1.78. The summed E-state index contributed by atoms with van der Waals surface area (Å²) in [5, 5.41) is 19.2. The highest BCUT2D eigenvalue weighted by Crippen LogP contribution is 2.25. The number of hydrogen-bond acceptors (Lipinski definition) is 7. The van der Waals surface area contributed by atoms with Crippen LogP contribution in [0.3, 0.4) is 0 Å². The summed E-state index contributed by atoms with van der Waals surface area (Å²) in [6.07, 6.45) is 1.45. The van der Waals surface area contributed by atoms with Gasteiger partial charge in [0.25, 0.3) is 0 Å². The highest BCUT2D eigenvalue weighted by atomic mass is 32.1. The summed E-state index contributed by atoms with van der Waals surface area (Å²) in [4.78, 5) is 16.6. The molecule has 0 unspecified atom stereocenters. The standard InChI is InChI=1S/C19H14N4O3S2/c1-13-4-6-14(7-5-13)21-19-22(16(12-28-19)17-3-2-10-27-17)20-11-15-8-9-18(26-15)23(24)25/h2-12H,1H3. The van der Waals surface area contributed by atoms with Crippen LogP contribution in [-0.4, -0.2) is 15.8 Å². The molecule has 0 bridgehead atoms. The molecule has 3 aromatic heterocycles. The average Bonchev–Trinajstić information content (AvgIpc) is 3.42. The van der Waals surface area contributed by atoms with Crippen molar-refractivity contribution in [3.63, 3.8) is 0 Å². The zero-order chi connectivity index (χ0) is 19.5. The van der Waals surface area contributed by atoms with Gasteiger partial charge < -0.3 is 4.42 Å². The molecule has 7 nitrogen and oxygen atoms in total. The minimum Gasteiger partial charge on any atom is -0.400 e. The van der Waals surface area contributed by atoms with E-state index in [1.165, 1.54) is 29.7 Å². The number of nitro groups is 1. The Morgan fingerprint density at radius 1 is 1.14 bits per heavy atom. The number of nitrogens with zero attached hydrogens (tertiary/aromatic N) is 4. The van der Waals surface area contributed by atoms with Gasteiger partial charge in [0.05, 0.1) is 28.5 Å².